The fourth-order valence-corrected chi connectivity index (χ4v) is 3.07. The summed E-state index contributed by atoms with van der Waals surface area (Å²) in [6, 6.07) is 7.79. The molecule has 1 aliphatic heterocycles. The number of fused-ring (bicyclic) bond motifs is 1. The van der Waals surface area contributed by atoms with E-state index in [9.17, 15) is 15.0 Å². The molecular formula is C21H24O8. The van der Waals surface area contributed by atoms with Crippen LogP contribution in [-0.4, -0.2) is 43.3 Å². The number of aliphatic hydroxyl groups excluding tert-OH is 1. The number of carbonyl (C=O) groups is 1. The number of hydrogen-bond acceptors (Lipinski definition) is 8. The Bertz CT molecular complexity index is 892. The molecule has 0 bridgehead atoms. The zero-order valence-corrected chi connectivity index (χ0v) is 16.7. The number of aromatic hydroxyl groups is 1. The molecule has 156 valence electrons. The van der Waals surface area contributed by atoms with Crippen LogP contribution in [0.25, 0.3) is 0 Å². The third-order valence-electron chi connectivity index (χ3n) is 4.89. The van der Waals surface area contributed by atoms with Crippen LogP contribution in [0.1, 0.15) is 35.9 Å². The van der Waals surface area contributed by atoms with E-state index >= 15 is 0 Å². The molecule has 29 heavy (non-hydrogen) atoms. The van der Waals surface area contributed by atoms with Crippen LogP contribution in [0.5, 0.6) is 28.7 Å². The van der Waals surface area contributed by atoms with E-state index in [1.165, 1.54) is 20.3 Å². The summed E-state index contributed by atoms with van der Waals surface area (Å²) in [5, 5.41) is 20.4. The number of phenolic OH excluding ortho intramolecular Hbond substituents is 1. The monoisotopic (exact) mass is 404 g/mol. The van der Waals surface area contributed by atoms with Crippen LogP contribution >= 0.6 is 0 Å². The first-order chi connectivity index (χ1) is 13.8. The molecule has 2 aromatic rings. The largest absolute Gasteiger partial charge is 0.504 e. The van der Waals surface area contributed by atoms with Gasteiger partial charge in [0.2, 0.25) is 12.5 Å². The standard InChI is InChI=1S/C21H24O8/c1-11(12(2)22)19(14-7-15(23)20(26-4)18(9-14)25-3)29-21(24)13-5-6-16-17(8-13)28-10-27-16/h5-9,11-12,19,22-23H,10H2,1-4H3/t11-,12-,19-/m1/s1. The first-order valence-corrected chi connectivity index (χ1v) is 9.09. The topological polar surface area (TPSA) is 104 Å². The van der Waals surface area contributed by atoms with Gasteiger partial charge in [-0.1, -0.05) is 6.92 Å². The fraction of sp³-hybridized carbons (Fsp3) is 0.381. The Labute approximate surface area is 168 Å². The Morgan fingerprint density at radius 3 is 2.45 bits per heavy atom. The normalized spacial score (nSPS) is 15.3. The smallest absolute Gasteiger partial charge is 0.338 e. The van der Waals surface area contributed by atoms with E-state index < -0.39 is 24.1 Å². The Kier molecular flexibility index (Phi) is 6.03. The minimum atomic E-state index is -0.848. The minimum Gasteiger partial charge on any atom is -0.504 e. The number of hydrogen-bond donors (Lipinski definition) is 2. The molecule has 2 N–H and O–H groups in total. The van der Waals surface area contributed by atoms with Gasteiger partial charge in [0.1, 0.15) is 6.10 Å². The molecule has 0 radical (unpaired) electrons. The number of esters is 1. The summed E-state index contributed by atoms with van der Waals surface area (Å²) in [6.45, 7) is 3.45. The van der Waals surface area contributed by atoms with E-state index in [4.69, 9.17) is 23.7 Å². The molecular weight excluding hydrogens is 380 g/mol. The predicted molar refractivity (Wildman–Crippen MR) is 103 cm³/mol. The number of rotatable bonds is 7. The highest BCUT2D eigenvalue weighted by Gasteiger charge is 2.30. The van der Waals surface area contributed by atoms with Crippen molar-refractivity contribution < 1.29 is 38.7 Å². The second-order valence-electron chi connectivity index (χ2n) is 6.77. The van der Waals surface area contributed by atoms with Crippen LogP contribution in [0.2, 0.25) is 0 Å². The van der Waals surface area contributed by atoms with Gasteiger partial charge in [-0.25, -0.2) is 4.79 Å². The summed E-state index contributed by atoms with van der Waals surface area (Å²) in [5.74, 6) is 0.235. The van der Waals surface area contributed by atoms with Crippen molar-refractivity contribution in [3.8, 4) is 28.7 Å². The van der Waals surface area contributed by atoms with Crippen molar-refractivity contribution in [3.05, 3.63) is 41.5 Å². The molecule has 0 aliphatic carbocycles. The average molecular weight is 404 g/mol. The number of aliphatic hydroxyl groups is 1. The van der Waals surface area contributed by atoms with E-state index in [1.807, 2.05) is 0 Å². The lowest BCUT2D eigenvalue weighted by atomic mass is 9.92. The molecule has 0 unspecified atom stereocenters. The van der Waals surface area contributed by atoms with Gasteiger partial charge in [0.15, 0.2) is 23.0 Å². The van der Waals surface area contributed by atoms with Crippen molar-refractivity contribution in [2.24, 2.45) is 5.92 Å². The molecule has 8 heteroatoms. The van der Waals surface area contributed by atoms with E-state index in [0.29, 0.717) is 17.1 Å². The molecule has 0 saturated heterocycles. The van der Waals surface area contributed by atoms with Gasteiger partial charge in [-0.2, -0.15) is 0 Å². The Morgan fingerprint density at radius 2 is 1.79 bits per heavy atom. The molecule has 8 nitrogen and oxygen atoms in total. The summed E-state index contributed by atoms with van der Waals surface area (Å²) in [5.41, 5.74) is 0.740. The average Bonchev–Trinajstić information content (AvgIpc) is 3.18. The van der Waals surface area contributed by atoms with Crippen molar-refractivity contribution >= 4 is 5.97 Å². The highest BCUT2D eigenvalue weighted by Crippen LogP contribution is 2.42. The van der Waals surface area contributed by atoms with Crippen molar-refractivity contribution in [2.75, 3.05) is 21.0 Å². The second kappa shape index (κ2) is 8.48. The van der Waals surface area contributed by atoms with Gasteiger partial charge in [0.05, 0.1) is 25.9 Å². The number of carbonyl (C=O) groups excluding carboxylic acids is 1. The highest BCUT2D eigenvalue weighted by atomic mass is 16.7. The molecule has 1 aliphatic rings. The van der Waals surface area contributed by atoms with Crippen LogP contribution in [0.15, 0.2) is 30.3 Å². The Hall–Kier alpha value is -3.13. The van der Waals surface area contributed by atoms with Gasteiger partial charge in [-0.15, -0.1) is 0 Å². The van der Waals surface area contributed by atoms with E-state index in [0.717, 1.165) is 0 Å². The molecule has 1 heterocycles. The summed E-state index contributed by atoms with van der Waals surface area (Å²) in [7, 11) is 2.85. The van der Waals surface area contributed by atoms with Gasteiger partial charge < -0.3 is 33.9 Å². The molecule has 0 saturated carbocycles. The molecule has 0 amide bonds. The van der Waals surface area contributed by atoms with Crippen LogP contribution in [0, 0.1) is 5.92 Å². The summed E-state index contributed by atoms with van der Waals surface area (Å²) < 4.78 is 26.7. The summed E-state index contributed by atoms with van der Waals surface area (Å²) in [4.78, 5) is 12.8. The third-order valence-corrected chi connectivity index (χ3v) is 4.89. The Morgan fingerprint density at radius 1 is 1.07 bits per heavy atom. The van der Waals surface area contributed by atoms with Crippen molar-refractivity contribution in [3.63, 3.8) is 0 Å². The zero-order valence-electron chi connectivity index (χ0n) is 16.7. The van der Waals surface area contributed by atoms with Gasteiger partial charge in [-0.3, -0.25) is 0 Å². The van der Waals surface area contributed by atoms with Gasteiger partial charge in [0.25, 0.3) is 0 Å². The quantitative estimate of drug-likeness (QED) is 0.679. The number of methoxy groups -OCH3 is 2. The molecule has 0 spiro atoms. The second-order valence-corrected chi connectivity index (χ2v) is 6.77. The van der Waals surface area contributed by atoms with E-state index in [1.54, 1.807) is 38.1 Å². The van der Waals surface area contributed by atoms with Crippen molar-refractivity contribution in [1.29, 1.82) is 0 Å². The van der Waals surface area contributed by atoms with Crippen molar-refractivity contribution in [1.82, 2.24) is 0 Å². The summed E-state index contributed by atoms with van der Waals surface area (Å²) in [6.07, 6.45) is -1.63. The van der Waals surface area contributed by atoms with Crippen molar-refractivity contribution in [2.45, 2.75) is 26.1 Å². The first-order valence-electron chi connectivity index (χ1n) is 9.09. The predicted octanol–water partition coefficient (Wildman–Crippen LogP) is 3.05. The van der Waals surface area contributed by atoms with Gasteiger partial charge in [0, 0.05) is 11.5 Å². The maximum atomic E-state index is 12.8. The van der Waals surface area contributed by atoms with E-state index in [-0.39, 0.29) is 29.6 Å². The molecule has 3 rings (SSSR count). The van der Waals surface area contributed by atoms with Crippen LogP contribution in [0.3, 0.4) is 0 Å². The molecule has 3 atom stereocenters. The molecule has 2 aromatic carbocycles. The first kappa shape index (κ1) is 20.6. The Balaban J connectivity index is 1.94. The maximum Gasteiger partial charge on any atom is 0.338 e. The molecule has 0 aromatic heterocycles. The molecule has 0 fully saturated rings. The zero-order chi connectivity index (χ0) is 21.1. The lowest BCUT2D eigenvalue weighted by Crippen LogP contribution is -2.25. The maximum absolute atomic E-state index is 12.8. The van der Waals surface area contributed by atoms with Crippen LogP contribution in [0.4, 0.5) is 0 Å². The summed E-state index contributed by atoms with van der Waals surface area (Å²) >= 11 is 0. The lowest BCUT2D eigenvalue weighted by Gasteiger charge is -2.27. The van der Waals surface area contributed by atoms with Gasteiger partial charge in [-0.05, 0) is 37.3 Å². The number of benzene rings is 2. The van der Waals surface area contributed by atoms with Gasteiger partial charge >= 0.3 is 5.97 Å². The highest BCUT2D eigenvalue weighted by molar-refractivity contribution is 5.90. The number of phenols is 1. The van der Waals surface area contributed by atoms with Crippen LogP contribution < -0.4 is 18.9 Å². The van der Waals surface area contributed by atoms with Crippen LogP contribution in [-0.2, 0) is 4.74 Å². The van der Waals surface area contributed by atoms with E-state index in [2.05, 4.69) is 0 Å². The third kappa shape index (κ3) is 4.17. The lowest BCUT2D eigenvalue weighted by molar-refractivity contribution is -0.0103. The SMILES string of the molecule is COc1cc([C@H](OC(=O)c2ccc3c(c2)OCO3)[C@H](C)[C@@H](C)O)cc(O)c1OC. The fourth-order valence-electron chi connectivity index (χ4n) is 3.07. The number of ether oxygens (including phenoxy) is 5. The minimum absolute atomic E-state index is 0.0977.